The molecule has 0 atom stereocenters. The van der Waals surface area contributed by atoms with Crippen LogP contribution in [0.2, 0.25) is 0 Å². The number of aromatic nitrogens is 2. The summed E-state index contributed by atoms with van der Waals surface area (Å²) < 4.78 is 18.0. The van der Waals surface area contributed by atoms with Crippen molar-refractivity contribution in [3.05, 3.63) is 87.3 Å². The molecule has 0 aliphatic rings. The maximum atomic E-state index is 12.5. The van der Waals surface area contributed by atoms with Crippen LogP contribution in [0.1, 0.15) is 16.8 Å². The van der Waals surface area contributed by atoms with Crippen molar-refractivity contribution in [1.29, 1.82) is 0 Å². The Morgan fingerprint density at radius 2 is 1.59 bits per heavy atom. The lowest BCUT2D eigenvalue weighted by molar-refractivity contribution is 0.243. The lowest BCUT2D eigenvalue weighted by Gasteiger charge is -2.23. The average molecular weight is 452 g/mol. The number of rotatable bonds is 9. The molecule has 166 valence electrons. The highest BCUT2D eigenvalue weighted by atomic mass is 32.1. The molecule has 0 radical (unpaired) electrons. The van der Waals surface area contributed by atoms with Gasteiger partial charge in [0.15, 0.2) is 16.5 Å². The first-order valence-corrected chi connectivity index (χ1v) is 11.0. The minimum Gasteiger partial charge on any atom is -0.493 e. The molecule has 0 saturated heterocycles. The third-order valence-electron chi connectivity index (χ3n) is 5.12. The van der Waals surface area contributed by atoms with E-state index in [9.17, 15) is 4.79 Å². The number of hydrogen-bond donors (Lipinski definition) is 0. The van der Waals surface area contributed by atoms with Crippen molar-refractivity contribution in [3.63, 3.8) is 0 Å². The van der Waals surface area contributed by atoms with E-state index in [1.807, 2.05) is 35.7 Å². The third kappa shape index (κ3) is 4.76. The fourth-order valence-corrected chi connectivity index (χ4v) is 4.43. The molecule has 0 unspecified atom stereocenters. The van der Waals surface area contributed by atoms with Gasteiger partial charge in [-0.15, -0.1) is 11.3 Å². The molecule has 7 nitrogen and oxygen atoms in total. The van der Waals surface area contributed by atoms with E-state index in [0.29, 0.717) is 41.8 Å². The van der Waals surface area contributed by atoms with Crippen molar-refractivity contribution < 1.29 is 14.2 Å². The van der Waals surface area contributed by atoms with Gasteiger partial charge in [0.05, 0.1) is 27.0 Å². The fourth-order valence-electron chi connectivity index (χ4n) is 3.69. The third-order valence-corrected chi connectivity index (χ3v) is 5.88. The summed E-state index contributed by atoms with van der Waals surface area (Å²) in [4.78, 5) is 20.1. The first-order chi connectivity index (χ1) is 15.6. The SMILES string of the molecule is COc1cc(CN(Cc2ccccc2)Cc2cc(=O)n3ccsc3n2)cc(OC)c1OC. The van der Waals surface area contributed by atoms with Crippen molar-refractivity contribution in [2.75, 3.05) is 21.3 Å². The molecule has 0 amide bonds. The van der Waals surface area contributed by atoms with Gasteiger partial charge in [0.1, 0.15) is 0 Å². The number of methoxy groups -OCH3 is 3. The number of benzene rings is 2. The standard InChI is InChI=1S/C24H25N3O4S/c1-29-20-11-18(12-21(30-2)23(20)31-3)15-26(14-17-7-5-4-6-8-17)16-19-13-22(28)27-9-10-32-24(27)25-19/h4-13H,14-16H2,1-3H3. The molecule has 0 N–H and O–H groups in total. The second-order valence-corrected chi connectivity index (χ2v) is 8.18. The van der Waals surface area contributed by atoms with Gasteiger partial charge < -0.3 is 14.2 Å². The lowest BCUT2D eigenvalue weighted by atomic mass is 10.1. The number of ether oxygens (including phenoxy) is 3. The smallest absolute Gasteiger partial charge is 0.258 e. The maximum absolute atomic E-state index is 12.5. The van der Waals surface area contributed by atoms with E-state index in [1.54, 1.807) is 38.0 Å². The molecule has 2 aromatic heterocycles. The molecular formula is C24H25N3O4S. The van der Waals surface area contributed by atoms with Crippen molar-refractivity contribution >= 4 is 16.3 Å². The first-order valence-electron chi connectivity index (χ1n) is 10.1. The number of fused-ring (bicyclic) bond motifs is 1. The summed E-state index contributed by atoms with van der Waals surface area (Å²) >= 11 is 1.45. The monoisotopic (exact) mass is 451 g/mol. The van der Waals surface area contributed by atoms with Gasteiger partial charge in [-0.05, 0) is 23.3 Å². The van der Waals surface area contributed by atoms with E-state index in [0.717, 1.165) is 11.3 Å². The highest BCUT2D eigenvalue weighted by Gasteiger charge is 2.17. The Morgan fingerprint density at radius 3 is 2.25 bits per heavy atom. The van der Waals surface area contributed by atoms with E-state index in [-0.39, 0.29) is 5.56 Å². The summed E-state index contributed by atoms with van der Waals surface area (Å²) in [6.07, 6.45) is 1.75. The summed E-state index contributed by atoms with van der Waals surface area (Å²) in [5.41, 5.74) is 2.85. The van der Waals surface area contributed by atoms with E-state index < -0.39 is 0 Å². The Balaban J connectivity index is 1.67. The summed E-state index contributed by atoms with van der Waals surface area (Å²) in [5, 5.41) is 1.87. The van der Waals surface area contributed by atoms with Crippen LogP contribution in [0.3, 0.4) is 0 Å². The normalized spacial score (nSPS) is 11.1. The molecule has 0 bridgehead atoms. The zero-order chi connectivity index (χ0) is 22.5. The molecule has 0 spiro atoms. The maximum Gasteiger partial charge on any atom is 0.258 e. The largest absolute Gasteiger partial charge is 0.493 e. The molecular weight excluding hydrogens is 426 g/mol. The number of hydrogen-bond acceptors (Lipinski definition) is 7. The van der Waals surface area contributed by atoms with Gasteiger partial charge in [0, 0.05) is 37.3 Å². The van der Waals surface area contributed by atoms with E-state index in [2.05, 4.69) is 22.0 Å². The summed E-state index contributed by atoms with van der Waals surface area (Å²) in [7, 11) is 4.81. The average Bonchev–Trinajstić information content (AvgIpc) is 3.28. The zero-order valence-electron chi connectivity index (χ0n) is 18.3. The van der Waals surface area contributed by atoms with E-state index in [4.69, 9.17) is 14.2 Å². The second-order valence-electron chi connectivity index (χ2n) is 7.31. The molecule has 0 fully saturated rings. The molecule has 2 heterocycles. The van der Waals surface area contributed by atoms with Gasteiger partial charge in [-0.25, -0.2) is 4.98 Å². The number of nitrogens with zero attached hydrogens (tertiary/aromatic N) is 3. The van der Waals surface area contributed by atoms with Gasteiger partial charge in [-0.1, -0.05) is 30.3 Å². The first kappa shape index (κ1) is 21.9. The molecule has 0 saturated carbocycles. The van der Waals surface area contributed by atoms with Crippen LogP contribution in [0.5, 0.6) is 17.2 Å². The summed E-state index contributed by atoms with van der Waals surface area (Å²) in [5.74, 6) is 1.78. The summed E-state index contributed by atoms with van der Waals surface area (Å²) in [6.45, 7) is 1.83. The van der Waals surface area contributed by atoms with Crippen molar-refractivity contribution in [2.24, 2.45) is 0 Å². The van der Waals surface area contributed by atoms with Crippen molar-refractivity contribution in [3.8, 4) is 17.2 Å². The van der Waals surface area contributed by atoms with Gasteiger partial charge in [-0.2, -0.15) is 0 Å². The molecule has 8 heteroatoms. The van der Waals surface area contributed by atoms with Gasteiger partial charge in [-0.3, -0.25) is 14.1 Å². The molecule has 0 aliphatic carbocycles. The van der Waals surface area contributed by atoms with Crippen LogP contribution >= 0.6 is 11.3 Å². The highest BCUT2D eigenvalue weighted by Crippen LogP contribution is 2.38. The minimum absolute atomic E-state index is 0.0707. The Labute approximate surface area is 190 Å². The lowest BCUT2D eigenvalue weighted by Crippen LogP contribution is -2.24. The molecule has 32 heavy (non-hydrogen) atoms. The van der Waals surface area contributed by atoms with Crippen molar-refractivity contribution in [1.82, 2.24) is 14.3 Å². The van der Waals surface area contributed by atoms with E-state index in [1.165, 1.54) is 16.9 Å². The predicted octanol–water partition coefficient (Wildman–Crippen LogP) is 3.98. The van der Waals surface area contributed by atoms with Crippen LogP contribution in [-0.2, 0) is 19.6 Å². The quantitative estimate of drug-likeness (QED) is 0.384. The Kier molecular flexibility index (Phi) is 6.72. The van der Waals surface area contributed by atoms with Crippen LogP contribution in [0.15, 0.2) is 64.9 Å². The molecule has 4 aromatic rings. The van der Waals surface area contributed by atoms with Gasteiger partial charge in [0.25, 0.3) is 5.56 Å². The highest BCUT2D eigenvalue weighted by molar-refractivity contribution is 7.15. The van der Waals surface area contributed by atoms with Crippen LogP contribution in [0, 0.1) is 0 Å². The zero-order valence-corrected chi connectivity index (χ0v) is 19.1. The Hall–Kier alpha value is -3.36. The topological polar surface area (TPSA) is 65.3 Å². The Morgan fingerprint density at radius 1 is 0.906 bits per heavy atom. The van der Waals surface area contributed by atoms with Crippen LogP contribution < -0.4 is 19.8 Å². The molecule has 4 rings (SSSR count). The van der Waals surface area contributed by atoms with Gasteiger partial charge >= 0.3 is 0 Å². The second kappa shape index (κ2) is 9.84. The fraction of sp³-hybridized carbons (Fsp3) is 0.250. The predicted molar refractivity (Wildman–Crippen MR) is 125 cm³/mol. The summed E-state index contributed by atoms with van der Waals surface area (Å²) in [6, 6.07) is 15.7. The van der Waals surface area contributed by atoms with Crippen LogP contribution in [0.25, 0.3) is 4.96 Å². The minimum atomic E-state index is -0.0707. The molecule has 2 aromatic carbocycles. The number of thiazole rings is 1. The van der Waals surface area contributed by atoms with Crippen LogP contribution in [-0.4, -0.2) is 35.6 Å². The van der Waals surface area contributed by atoms with Crippen LogP contribution in [0.4, 0.5) is 0 Å². The van der Waals surface area contributed by atoms with Crippen molar-refractivity contribution in [2.45, 2.75) is 19.6 Å². The molecule has 0 aliphatic heterocycles. The van der Waals surface area contributed by atoms with Gasteiger partial charge in [0.2, 0.25) is 5.75 Å². The Bertz CT molecular complexity index is 1230. The van der Waals surface area contributed by atoms with E-state index >= 15 is 0 Å².